The molecule has 2 aromatic carbocycles. The van der Waals surface area contributed by atoms with Gasteiger partial charge in [0.05, 0.1) is 5.48 Å². The standard InChI is InChI=1S/C27H33N5O2/c1-30-13-10-23(11-14-30)31-15-17-32(18-16-31)27(34)25(21-5-3-2-4-6-21)29-26(33)22-8-7-20-9-12-28-24(20)19-22/h2-9,12,19,23,25,28H,10-11,13-18H2,1H3,(H,29,33)/t25-/m1/s1/i15D2,16D2,17D2,18D2. The molecule has 0 spiro atoms. The molecule has 1 aromatic heterocycles. The number of piperidine rings is 1. The number of H-pyrrole nitrogens is 1. The molecule has 5 rings (SSSR count). The molecule has 0 radical (unpaired) electrons. The second-order valence-electron chi connectivity index (χ2n) is 8.62. The highest BCUT2D eigenvalue weighted by Gasteiger charge is 2.32. The number of nitrogens with one attached hydrogen (secondary N) is 2. The molecule has 2 aliphatic heterocycles. The Kier molecular flexibility index (Phi) is 4.40. The molecule has 3 aromatic rings. The van der Waals surface area contributed by atoms with Gasteiger partial charge >= 0.3 is 0 Å². The van der Waals surface area contributed by atoms with Crippen LogP contribution in [0.15, 0.2) is 60.8 Å². The van der Waals surface area contributed by atoms with Crippen LogP contribution < -0.4 is 5.32 Å². The van der Waals surface area contributed by atoms with Crippen LogP contribution in [0.1, 0.15) is 45.8 Å². The number of nitrogens with zero attached hydrogens (tertiary/aromatic N) is 3. The zero-order valence-corrected chi connectivity index (χ0v) is 18.9. The van der Waals surface area contributed by atoms with Crippen molar-refractivity contribution in [1.82, 2.24) is 25.0 Å². The molecule has 7 heteroatoms. The maximum Gasteiger partial charge on any atom is 0.252 e. The summed E-state index contributed by atoms with van der Waals surface area (Å²) in [5, 5.41) is 3.43. The first-order valence-electron chi connectivity index (χ1n) is 15.4. The monoisotopic (exact) mass is 467 g/mol. The van der Waals surface area contributed by atoms with Gasteiger partial charge in [-0.1, -0.05) is 36.4 Å². The fourth-order valence-corrected chi connectivity index (χ4v) is 4.28. The lowest BCUT2D eigenvalue weighted by Crippen LogP contribution is -2.55. The van der Waals surface area contributed by atoms with Gasteiger partial charge in [0, 0.05) is 54.8 Å². The third kappa shape index (κ3) is 4.86. The Bertz CT molecular complexity index is 1450. The van der Waals surface area contributed by atoms with E-state index in [1.165, 1.54) is 12.1 Å². The number of amides is 2. The number of hydrogen-bond donors (Lipinski definition) is 2. The summed E-state index contributed by atoms with van der Waals surface area (Å²) in [6.07, 6.45) is 2.30. The quantitative estimate of drug-likeness (QED) is 0.605. The maximum absolute atomic E-state index is 14.2. The van der Waals surface area contributed by atoms with Crippen LogP contribution in [0.3, 0.4) is 0 Å². The molecule has 1 atom stereocenters. The molecular weight excluding hydrogens is 426 g/mol. The molecule has 2 amide bonds. The first kappa shape index (κ1) is 15.0. The minimum absolute atomic E-state index is 0.0115. The van der Waals surface area contributed by atoms with Crippen LogP contribution in [-0.2, 0) is 4.79 Å². The van der Waals surface area contributed by atoms with Gasteiger partial charge in [-0.3, -0.25) is 14.5 Å². The van der Waals surface area contributed by atoms with Gasteiger partial charge in [-0.15, -0.1) is 0 Å². The van der Waals surface area contributed by atoms with E-state index in [1.807, 2.05) is 18.0 Å². The zero-order valence-electron chi connectivity index (χ0n) is 26.9. The molecular formula is C27H33N5O2. The summed E-state index contributed by atoms with van der Waals surface area (Å²) in [5.74, 6) is -2.02. The van der Waals surface area contributed by atoms with Gasteiger partial charge in [-0.25, -0.2) is 0 Å². The van der Waals surface area contributed by atoms with Crippen LogP contribution in [0.25, 0.3) is 10.9 Å². The average Bonchev–Trinajstić information content (AvgIpc) is 3.40. The van der Waals surface area contributed by atoms with Crippen molar-refractivity contribution < 1.29 is 20.6 Å². The Morgan fingerprint density at radius 2 is 1.76 bits per heavy atom. The van der Waals surface area contributed by atoms with Crippen molar-refractivity contribution in [3.8, 4) is 0 Å². The van der Waals surface area contributed by atoms with E-state index in [0.29, 0.717) is 36.3 Å². The highest BCUT2D eigenvalue weighted by Crippen LogP contribution is 2.22. The molecule has 2 aliphatic rings. The normalized spacial score (nSPS) is 28.7. The third-order valence-corrected chi connectivity index (χ3v) is 6.31. The van der Waals surface area contributed by atoms with E-state index in [4.69, 9.17) is 11.0 Å². The van der Waals surface area contributed by atoms with Gasteiger partial charge in [-0.2, -0.15) is 0 Å². The lowest BCUT2D eigenvalue weighted by Gasteiger charge is -2.42. The van der Waals surface area contributed by atoms with Gasteiger partial charge in [0.1, 0.15) is 6.04 Å². The summed E-state index contributed by atoms with van der Waals surface area (Å²) >= 11 is 0. The molecule has 7 nitrogen and oxygen atoms in total. The molecule has 0 saturated carbocycles. The number of aromatic nitrogens is 1. The van der Waals surface area contributed by atoms with Crippen molar-refractivity contribution in [2.24, 2.45) is 0 Å². The first-order chi connectivity index (χ1) is 19.6. The highest BCUT2D eigenvalue weighted by atomic mass is 16.2. The van der Waals surface area contributed by atoms with Gasteiger partial charge in [-0.05, 0) is 62.1 Å². The number of rotatable bonds is 5. The summed E-state index contributed by atoms with van der Waals surface area (Å²) in [5.41, 5.74) is 1.05. The van der Waals surface area contributed by atoms with Gasteiger partial charge in [0.2, 0.25) is 5.91 Å². The topological polar surface area (TPSA) is 71.7 Å². The van der Waals surface area contributed by atoms with E-state index in [-0.39, 0.29) is 16.0 Å². The molecule has 2 N–H and O–H groups in total. The number of likely N-dealkylation sites (tertiary alicyclic amines) is 1. The van der Waals surface area contributed by atoms with E-state index in [1.54, 1.807) is 42.6 Å². The Morgan fingerprint density at radius 1 is 1.03 bits per heavy atom. The number of hydrogen-bond acceptors (Lipinski definition) is 4. The SMILES string of the molecule is [2H]C1([2H])N(C(=O)[C@H](NC(=O)c2ccc3cc[nH]c3c2)c2ccccc2)C([2H])([2H])C([2H])([2H])N(C2CCN(C)CC2)C1([2H])[2H]. The highest BCUT2D eigenvalue weighted by molar-refractivity contribution is 6.00. The molecule has 178 valence electrons. The van der Waals surface area contributed by atoms with Crippen molar-refractivity contribution in [2.75, 3.05) is 46.1 Å². The Hall–Kier alpha value is -3.16. The van der Waals surface area contributed by atoms with Crippen LogP contribution in [0.4, 0.5) is 0 Å². The number of carbonyl (C=O) groups is 2. The summed E-state index contributed by atoms with van der Waals surface area (Å²) in [4.78, 5) is 33.3. The summed E-state index contributed by atoms with van der Waals surface area (Å²) < 4.78 is 70.6. The fraction of sp³-hybridized carbons (Fsp3) is 0.407. The van der Waals surface area contributed by atoms with E-state index < -0.39 is 49.9 Å². The van der Waals surface area contributed by atoms with Crippen LogP contribution in [-0.4, -0.2) is 83.7 Å². The van der Waals surface area contributed by atoms with Gasteiger partial charge in [0.25, 0.3) is 5.91 Å². The van der Waals surface area contributed by atoms with Crippen molar-refractivity contribution in [1.29, 1.82) is 0 Å². The van der Waals surface area contributed by atoms with Crippen LogP contribution in [0.2, 0.25) is 0 Å². The fourth-order valence-electron chi connectivity index (χ4n) is 4.28. The predicted molar refractivity (Wildman–Crippen MR) is 134 cm³/mol. The molecule has 0 unspecified atom stereocenters. The second kappa shape index (κ2) is 9.99. The number of carbonyl (C=O) groups excluding carboxylic acids is 2. The smallest absolute Gasteiger partial charge is 0.252 e. The minimum atomic E-state index is -3.33. The van der Waals surface area contributed by atoms with E-state index in [2.05, 4.69) is 10.3 Å². The molecule has 3 heterocycles. The number of piperazine rings is 1. The zero-order chi connectivity index (χ0) is 30.7. The number of fused-ring (bicyclic) bond motifs is 1. The number of aromatic amines is 1. The maximum atomic E-state index is 14.2. The second-order valence-corrected chi connectivity index (χ2v) is 8.62. The van der Waals surface area contributed by atoms with Crippen molar-refractivity contribution in [2.45, 2.75) is 24.9 Å². The van der Waals surface area contributed by atoms with Crippen molar-refractivity contribution >= 4 is 22.7 Å². The minimum Gasteiger partial charge on any atom is -0.361 e. The average molecular weight is 468 g/mol. The third-order valence-electron chi connectivity index (χ3n) is 6.31. The largest absolute Gasteiger partial charge is 0.361 e. The molecule has 2 saturated heterocycles. The van der Waals surface area contributed by atoms with Gasteiger partial charge < -0.3 is 20.1 Å². The summed E-state index contributed by atoms with van der Waals surface area (Å²) in [6, 6.07) is 12.1. The molecule has 0 bridgehead atoms. The molecule has 2 fully saturated rings. The number of benzene rings is 2. The lowest BCUT2D eigenvalue weighted by atomic mass is 10.0. The van der Waals surface area contributed by atoms with Crippen molar-refractivity contribution in [3.63, 3.8) is 0 Å². The van der Waals surface area contributed by atoms with Gasteiger partial charge in [0.15, 0.2) is 0 Å². The Balaban J connectivity index is 1.55. The summed E-state index contributed by atoms with van der Waals surface area (Å²) in [7, 11) is 1.86. The van der Waals surface area contributed by atoms with E-state index in [9.17, 15) is 9.59 Å². The first-order valence-corrected chi connectivity index (χ1v) is 11.4. The van der Waals surface area contributed by atoms with Crippen LogP contribution in [0, 0.1) is 0 Å². The van der Waals surface area contributed by atoms with Crippen LogP contribution in [0.5, 0.6) is 0 Å². The molecule has 34 heavy (non-hydrogen) atoms. The van der Waals surface area contributed by atoms with Crippen molar-refractivity contribution in [3.05, 3.63) is 71.9 Å². The Labute approximate surface area is 212 Å². The van der Waals surface area contributed by atoms with E-state index >= 15 is 0 Å². The Morgan fingerprint density at radius 3 is 2.50 bits per heavy atom. The summed E-state index contributed by atoms with van der Waals surface area (Å²) in [6.45, 7) is -11.9. The predicted octanol–water partition coefficient (Wildman–Crippen LogP) is 2.88. The lowest BCUT2D eigenvalue weighted by molar-refractivity contribution is -0.135. The molecule has 0 aliphatic carbocycles. The van der Waals surface area contributed by atoms with Crippen LogP contribution >= 0.6 is 0 Å². The van der Waals surface area contributed by atoms with E-state index in [0.717, 1.165) is 5.39 Å².